The first kappa shape index (κ1) is 101. The van der Waals surface area contributed by atoms with E-state index < -0.39 is 97.5 Å². The third kappa shape index (κ3) is 76.9. The van der Waals surface area contributed by atoms with Gasteiger partial charge in [0.15, 0.2) is 12.2 Å². The molecule has 106 heavy (non-hydrogen) atoms. The molecule has 0 amide bonds. The Morgan fingerprint density at radius 2 is 0.491 bits per heavy atom. The van der Waals surface area contributed by atoms with E-state index in [-0.39, 0.29) is 25.7 Å². The summed E-state index contributed by atoms with van der Waals surface area (Å²) in [4.78, 5) is 73.1. The van der Waals surface area contributed by atoms with Gasteiger partial charge in [0.25, 0.3) is 0 Å². The predicted molar refractivity (Wildman–Crippen MR) is 436 cm³/mol. The highest BCUT2D eigenvalue weighted by Crippen LogP contribution is 2.45. The van der Waals surface area contributed by atoms with Crippen molar-refractivity contribution in [3.63, 3.8) is 0 Å². The van der Waals surface area contributed by atoms with Gasteiger partial charge in [0.1, 0.15) is 19.3 Å². The van der Waals surface area contributed by atoms with Gasteiger partial charge in [-0.2, -0.15) is 0 Å². The van der Waals surface area contributed by atoms with Gasteiger partial charge in [-0.05, 0) is 173 Å². The highest BCUT2D eigenvalue weighted by molar-refractivity contribution is 7.47. The zero-order chi connectivity index (χ0) is 77.4. The number of hydrogen-bond acceptors (Lipinski definition) is 15. The van der Waals surface area contributed by atoms with Gasteiger partial charge < -0.3 is 33.8 Å². The highest BCUT2D eigenvalue weighted by Gasteiger charge is 2.30. The van der Waals surface area contributed by atoms with Crippen molar-refractivity contribution >= 4 is 39.5 Å². The number of phosphoric acid groups is 2. The molecule has 5 atom stereocenters. The molecule has 0 aliphatic heterocycles. The van der Waals surface area contributed by atoms with E-state index in [9.17, 15) is 43.2 Å². The quantitative estimate of drug-likeness (QED) is 0.0169. The Morgan fingerprint density at radius 3 is 0.811 bits per heavy atom. The molecule has 5 unspecified atom stereocenters. The summed E-state index contributed by atoms with van der Waals surface area (Å²) in [5.41, 5.74) is 0. The molecule has 0 radical (unpaired) electrons. The number of aliphatic hydroxyl groups is 1. The Bertz CT molecular complexity index is 2630. The van der Waals surface area contributed by atoms with Crippen molar-refractivity contribution < 1.29 is 80.2 Å². The highest BCUT2D eigenvalue weighted by atomic mass is 31.2. The molecule has 0 aromatic rings. The van der Waals surface area contributed by atoms with Gasteiger partial charge in [-0.15, -0.1) is 0 Å². The van der Waals surface area contributed by atoms with Crippen molar-refractivity contribution in [1.29, 1.82) is 0 Å². The molecule has 19 heteroatoms. The van der Waals surface area contributed by atoms with Gasteiger partial charge in [0, 0.05) is 25.7 Å². The Morgan fingerprint density at radius 1 is 0.274 bits per heavy atom. The number of unbranched alkanes of at least 4 members (excludes halogenated alkanes) is 23. The second kappa shape index (κ2) is 77.8. The van der Waals surface area contributed by atoms with Crippen LogP contribution in [-0.4, -0.2) is 96.7 Å². The molecular weight excluding hydrogens is 1380 g/mol. The van der Waals surface area contributed by atoms with Crippen LogP contribution in [0, 0.1) is 0 Å². The standard InChI is InChI=1S/C87H144O17P2/c1-5-9-13-17-21-25-29-33-36-38-40-42-45-49-52-56-60-64-68-72-85(90)98-78-83(104-87(92)74-70-66-62-58-54-50-46-43-41-39-37-34-30-26-22-18-14-10-6-2)80-102-106(95,96)100-76-81(88)75-99-105(93,94)101-79-82(103-86(91)73-69-65-61-57-53-47-32-28-24-20-16-12-8-4)77-97-84(89)71-67-63-59-55-51-48-44-35-31-27-23-19-15-11-7-3/h9,11,13,15,21-23,25-28,32-37,40-44,49,51-52,55,81-83,88H,5-8,10,12,14,16-20,24,29-31,38-39,45-48,50,53-54,56-80H2,1-4H3,(H,93,94)(H,95,96)/b13-9-,15-11-,25-21-,26-22-,27-23-,32-28-,36-33-,37-34-,42-40-,43-41-,44-35-,52-49-,55-51-. The van der Waals surface area contributed by atoms with E-state index >= 15 is 0 Å². The summed E-state index contributed by atoms with van der Waals surface area (Å²) in [7, 11) is -10.00. The molecule has 0 saturated carbocycles. The van der Waals surface area contributed by atoms with E-state index in [0.29, 0.717) is 25.7 Å². The molecule has 0 rings (SSSR count). The van der Waals surface area contributed by atoms with Crippen LogP contribution >= 0.6 is 15.6 Å². The van der Waals surface area contributed by atoms with Crippen LogP contribution in [0.25, 0.3) is 0 Å². The van der Waals surface area contributed by atoms with Crippen molar-refractivity contribution in [3.05, 3.63) is 158 Å². The van der Waals surface area contributed by atoms with Crippen LogP contribution in [0.4, 0.5) is 0 Å². The third-order valence-corrected chi connectivity index (χ3v) is 18.4. The average molecular weight is 1520 g/mol. The van der Waals surface area contributed by atoms with Gasteiger partial charge in [-0.1, -0.05) is 269 Å². The summed E-state index contributed by atoms with van der Waals surface area (Å²) in [5.74, 6) is -2.29. The number of ether oxygens (including phenoxy) is 4. The maximum atomic E-state index is 13.1. The molecule has 17 nitrogen and oxygen atoms in total. The van der Waals surface area contributed by atoms with Crippen LogP contribution in [0.5, 0.6) is 0 Å². The van der Waals surface area contributed by atoms with Gasteiger partial charge >= 0.3 is 39.5 Å². The fourth-order valence-electron chi connectivity index (χ4n) is 10.3. The summed E-state index contributed by atoms with van der Waals surface area (Å²) in [6.07, 6.45) is 90.8. The van der Waals surface area contributed by atoms with Crippen molar-refractivity contribution in [1.82, 2.24) is 0 Å². The Labute approximate surface area is 642 Å². The minimum atomic E-state index is -5.00. The van der Waals surface area contributed by atoms with Crippen LogP contribution < -0.4 is 0 Å². The number of carbonyl (C=O) groups excluding carboxylic acids is 4. The van der Waals surface area contributed by atoms with Crippen molar-refractivity contribution in [2.24, 2.45) is 0 Å². The van der Waals surface area contributed by atoms with Gasteiger partial charge in [-0.3, -0.25) is 37.3 Å². The number of carbonyl (C=O) groups is 4. The lowest BCUT2D eigenvalue weighted by Crippen LogP contribution is -2.30. The molecule has 0 fully saturated rings. The first-order valence-corrected chi connectivity index (χ1v) is 43.7. The first-order valence-electron chi connectivity index (χ1n) is 40.7. The molecule has 0 aliphatic carbocycles. The number of hydrogen-bond donors (Lipinski definition) is 3. The fourth-order valence-corrected chi connectivity index (χ4v) is 11.9. The topological polar surface area (TPSA) is 237 Å². The normalized spacial score (nSPS) is 14.7. The predicted octanol–water partition coefficient (Wildman–Crippen LogP) is 24.0. The number of esters is 4. The smallest absolute Gasteiger partial charge is 0.462 e. The monoisotopic (exact) mass is 1520 g/mol. The van der Waals surface area contributed by atoms with Gasteiger partial charge in [0.2, 0.25) is 0 Å². The molecule has 3 N–H and O–H groups in total. The number of aliphatic hydroxyl groups excluding tert-OH is 1. The lowest BCUT2D eigenvalue weighted by atomic mass is 10.1. The minimum Gasteiger partial charge on any atom is -0.462 e. The maximum absolute atomic E-state index is 13.1. The van der Waals surface area contributed by atoms with Crippen molar-refractivity contribution in [2.45, 2.75) is 329 Å². The minimum absolute atomic E-state index is 0.0666. The van der Waals surface area contributed by atoms with E-state index in [1.165, 1.54) is 44.9 Å². The zero-order valence-electron chi connectivity index (χ0n) is 66.1. The number of allylic oxidation sites excluding steroid dienone is 26. The zero-order valence-corrected chi connectivity index (χ0v) is 67.8. The molecule has 0 aromatic heterocycles. The SMILES string of the molecule is CC/C=C\C/C=C\C/C=C\C/C=C\C/C=C\CCCCCC(=O)OCC(COP(=O)(O)OCC(O)COP(=O)(O)OCC(COC(=O)CCCC/C=C\C/C=C\C/C=C\C/C=C\CC)OC(=O)CCCCCCC/C=C\CCCCCC)OC(=O)CCCCCCCC/C=C\C/C=C\C/C=C\CCCCC. The number of rotatable bonds is 75. The van der Waals surface area contributed by atoms with Crippen LogP contribution in [0.2, 0.25) is 0 Å². The second-order valence-corrected chi connectivity index (χ2v) is 29.5. The molecule has 604 valence electrons. The van der Waals surface area contributed by atoms with E-state index in [2.05, 4.69) is 186 Å². The molecular formula is C87H144O17P2. The maximum Gasteiger partial charge on any atom is 0.472 e. The van der Waals surface area contributed by atoms with E-state index in [0.717, 1.165) is 186 Å². The Balaban J connectivity index is 5.46. The average Bonchev–Trinajstić information content (AvgIpc) is 0.903. The molecule has 0 heterocycles. The Kier molecular flexibility index (Phi) is 73.9. The fraction of sp³-hybridized carbons (Fsp3) is 0.655. The number of phosphoric ester groups is 2. The first-order chi connectivity index (χ1) is 51.7. The van der Waals surface area contributed by atoms with Gasteiger partial charge in [-0.25, -0.2) is 9.13 Å². The van der Waals surface area contributed by atoms with Crippen molar-refractivity contribution in [3.8, 4) is 0 Å². The van der Waals surface area contributed by atoms with Crippen LogP contribution in [0.15, 0.2) is 158 Å². The van der Waals surface area contributed by atoms with E-state index in [1.54, 1.807) is 0 Å². The Hall–Kier alpha value is -5.32. The summed E-state index contributed by atoms with van der Waals surface area (Å²) in [6.45, 7) is 4.50. The van der Waals surface area contributed by atoms with Crippen LogP contribution in [0.3, 0.4) is 0 Å². The molecule has 0 saturated heterocycles. The van der Waals surface area contributed by atoms with E-state index in [1.807, 2.05) is 0 Å². The largest absolute Gasteiger partial charge is 0.472 e. The summed E-state index contributed by atoms with van der Waals surface area (Å²) >= 11 is 0. The molecule has 0 aliphatic rings. The lowest BCUT2D eigenvalue weighted by Gasteiger charge is -2.21. The molecule has 0 aromatic carbocycles. The summed E-state index contributed by atoms with van der Waals surface area (Å²) in [6, 6.07) is 0. The van der Waals surface area contributed by atoms with Crippen LogP contribution in [-0.2, 0) is 65.4 Å². The van der Waals surface area contributed by atoms with E-state index in [4.69, 9.17) is 37.0 Å². The molecule has 0 bridgehead atoms. The lowest BCUT2D eigenvalue weighted by molar-refractivity contribution is -0.161. The third-order valence-electron chi connectivity index (χ3n) is 16.5. The summed E-state index contributed by atoms with van der Waals surface area (Å²) in [5, 5.41) is 10.6. The second-order valence-electron chi connectivity index (χ2n) is 26.6. The van der Waals surface area contributed by atoms with Crippen molar-refractivity contribution in [2.75, 3.05) is 39.6 Å². The van der Waals surface area contributed by atoms with Crippen LogP contribution in [0.1, 0.15) is 310 Å². The molecule has 0 spiro atoms. The summed E-state index contributed by atoms with van der Waals surface area (Å²) < 4.78 is 68.6. The van der Waals surface area contributed by atoms with Gasteiger partial charge in [0.05, 0.1) is 26.4 Å².